The number of nitrogens with one attached hydrogen (secondary N) is 1. The molecule has 0 spiro atoms. The largest absolute Gasteiger partial charge is 0.454 e. The minimum Gasteiger partial charge on any atom is -0.454 e. The van der Waals surface area contributed by atoms with Crippen LogP contribution >= 0.6 is 0 Å². The quantitative estimate of drug-likeness (QED) is 0.0149. The lowest BCUT2D eigenvalue weighted by molar-refractivity contribution is -0.305. The van der Waals surface area contributed by atoms with Crippen molar-refractivity contribution in [2.75, 3.05) is 13.2 Å². The van der Waals surface area contributed by atoms with Crippen LogP contribution in [0.1, 0.15) is 207 Å². The summed E-state index contributed by atoms with van der Waals surface area (Å²) in [5, 5.41) is 56.6. The monoisotopic (exact) mass is 944 g/mol. The number of carbonyl (C=O) groups excluding carboxylic acids is 2. The number of amides is 1. The molecule has 1 saturated heterocycles. The number of aliphatic hydroxyl groups excluding tert-OH is 5. The van der Waals surface area contributed by atoms with Crippen LogP contribution in [0.3, 0.4) is 0 Å². The van der Waals surface area contributed by atoms with Gasteiger partial charge in [-0.05, 0) is 70.6 Å². The van der Waals surface area contributed by atoms with E-state index in [0.717, 1.165) is 64.2 Å². The highest BCUT2D eigenvalue weighted by molar-refractivity contribution is 5.80. The van der Waals surface area contributed by atoms with Crippen molar-refractivity contribution < 1.29 is 49.3 Å². The molecule has 1 heterocycles. The number of aliphatic hydroxyl groups is 5. The van der Waals surface area contributed by atoms with Gasteiger partial charge in [-0.15, -0.1) is 0 Å². The summed E-state index contributed by atoms with van der Waals surface area (Å²) < 4.78 is 17.5. The third-order valence-electron chi connectivity index (χ3n) is 12.2. The summed E-state index contributed by atoms with van der Waals surface area (Å²) in [4.78, 5) is 26.3. The third kappa shape index (κ3) is 33.3. The first-order valence-electron chi connectivity index (χ1n) is 26.8. The number of rotatable bonds is 43. The SMILES string of the molecule is CC/C=C/C=C/C=C\C=C/CCCCCC(=O)OC1C(OCC(NC(=O)C(O)CCCC/C=C\CCCCCCCC)C(O)/C=C/CCCCCCCCCCCCC)OC(CO)C(O)C1O. The van der Waals surface area contributed by atoms with Crippen LogP contribution in [0.25, 0.3) is 0 Å². The van der Waals surface area contributed by atoms with Crippen LogP contribution in [0.15, 0.2) is 72.9 Å². The predicted molar refractivity (Wildman–Crippen MR) is 273 cm³/mol. The molecule has 1 fully saturated rings. The van der Waals surface area contributed by atoms with E-state index in [2.05, 4.69) is 50.4 Å². The van der Waals surface area contributed by atoms with Crippen molar-refractivity contribution in [3.05, 3.63) is 72.9 Å². The molecule has 0 bridgehead atoms. The van der Waals surface area contributed by atoms with Gasteiger partial charge >= 0.3 is 5.97 Å². The lowest BCUT2D eigenvalue weighted by atomic mass is 9.99. The van der Waals surface area contributed by atoms with Crippen LogP contribution < -0.4 is 5.32 Å². The number of unbranched alkanes of at least 4 members (excludes halogenated alkanes) is 22. The maximum absolute atomic E-state index is 13.3. The van der Waals surface area contributed by atoms with Gasteiger partial charge in [-0.3, -0.25) is 9.59 Å². The van der Waals surface area contributed by atoms with Crippen molar-refractivity contribution in [1.29, 1.82) is 0 Å². The Hall–Kier alpha value is -2.90. The van der Waals surface area contributed by atoms with Crippen molar-refractivity contribution >= 4 is 11.9 Å². The first kappa shape index (κ1) is 62.1. The molecular weight excluding hydrogens is 847 g/mol. The Morgan fingerprint density at radius 2 is 1.09 bits per heavy atom. The summed E-state index contributed by atoms with van der Waals surface area (Å²) in [5.74, 6) is -1.26. The number of hydrogen-bond acceptors (Lipinski definition) is 10. The fourth-order valence-corrected chi connectivity index (χ4v) is 7.89. The summed E-state index contributed by atoms with van der Waals surface area (Å²) in [5.41, 5.74) is 0. The average molecular weight is 944 g/mol. The summed E-state index contributed by atoms with van der Waals surface area (Å²) in [7, 11) is 0. The number of allylic oxidation sites excluding steroid dienone is 11. The fourth-order valence-electron chi connectivity index (χ4n) is 7.89. The molecule has 6 N–H and O–H groups in total. The van der Waals surface area contributed by atoms with E-state index in [1.165, 1.54) is 96.3 Å². The topological polar surface area (TPSA) is 175 Å². The molecule has 0 aliphatic carbocycles. The molecule has 386 valence electrons. The lowest BCUT2D eigenvalue weighted by Crippen LogP contribution is -2.61. The van der Waals surface area contributed by atoms with Crippen LogP contribution in [0, 0.1) is 0 Å². The molecule has 0 aromatic rings. The summed E-state index contributed by atoms with van der Waals surface area (Å²) in [6.45, 7) is 5.57. The molecule has 1 amide bonds. The van der Waals surface area contributed by atoms with E-state index >= 15 is 0 Å². The van der Waals surface area contributed by atoms with Gasteiger partial charge in [-0.1, -0.05) is 203 Å². The van der Waals surface area contributed by atoms with Gasteiger partial charge in [0.25, 0.3) is 0 Å². The first-order valence-corrected chi connectivity index (χ1v) is 26.8. The zero-order chi connectivity index (χ0) is 49.0. The second kappa shape index (κ2) is 44.3. The Balaban J connectivity index is 2.82. The van der Waals surface area contributed by atoms with Gasteiger partial charge < -0.3 is 45.1 Å². The van der Waals surface area contributed by atoms with Crippen molar-refractivity contribution in [2.45, 2.75) is 256 Å². The molecule has 0 saturated carbocycles. The number of carbonyl (C=O) groups is 2. The molecule has 8 atom stereocenters. The molecule has 67 heavy (non-hydrogen) atoms. The molecule has 11 nitrogen and oxygen atoms in total. The molecule has 11 heteroatoms. The van der Waals surface area contributed by atoms with Crippen LogP contribution in [0.4, 0.5) is 0 Å². The summed E-state index contributed by atoms with van der Waals surface area (Å²) in [6, 6.07) is -1.04. The van der Waals surface area contributed by atoms with E-state index in [0.29, 0.717) is 12.8 Å². The van der Waals surface area contributed by atoms with Gasteiger partial charge in [0.15, 0.2) is 12.4 Å². The summed E-state index contributed by atoms with van der Waals surface area (Å²) >= 11 is 0. The van der Waals surface area contributed by atoms with Crippen molar-refractivity contribution in [3.63, 3.8) is 0 Å². The Morgan fingerprint density at radius 3 is 1.66 bits per heavy atom. The van der Waals surface area contributed by atoms with E-state index in [9.17, 15) is 35.1 Å². The average Bonchev–Trinajstić information content (AvgIpc) is 3.32. The maximum Gasteiger partial charge on any atom is 0.306 e. The highest BCUT2D eigenvalue weighted by Gasteiger charge is 2.47. The zero-order valence-electron chi connectivity index (χ0n) is 42.2. The molecular formula is C56H97NO10. The van der Waals surface area contributed by atoms with Crippen LogP contribution in [-0.2, 0) is 23.8 Å². The molecule has 1 rings (SSSR count). The maximum atomic E-state index is 13.3. The Labute approximate surface area is 407 Å². The molecule has 1 aliphatic heterocycles. The first-order chi connectivity index (χ1) is 32.7. The third-order valence-corrected chi connectivity index (χ3v) is 12.2. The van der Waals surface area contributed by atoms with Gasteiger partial charge in [0.05, 0.1) is 25.4 Å². The van der Waals surface area contributed by atoms with Crippen molar-refractivity contribution in [2.24, 2.45) is 0 Å². The number of hydrogen-bond donors (Lipinski definition) is 6. The predicted octanol–water partition coefficient (Wildman–Crippen LogP) is 11.3. The number of ether oxygens (including phenoxy) is 3. The smallest absolute Gasteiger partial charge is 0.306 e. The highest BCUT2D eigenvalue weighted by Crippen LogP contribution is 2.26. The lowest BCUT2D eigenvalue weighted by Gasteiger charge is -2.41. The molecule has 0 aromatic carbocycles. The molecule has 0 radical (unpaired) electrons. The van der Waals surface area contributed by atoms with E-state index in [1.54, 1.807) is 6.08 Å². The standard InChI is InChI=1S/C56H97NO10/c1-4-7-10-13-16-19-22-25-28-30-33-36-39-42-48(59)47(57-55(64)49(60)43-40-37-34-31-27-24-21-18-15-12-9-6-3)46-65-56-54(53(63)52(62)50(45-58)66-56)67-51(61)44-41-38-35-32-29-26-23-20-17-14-11-8-5-2/h8,11,14,17,20,23,26-27,29,31,39,42,47-50,52-54,56,58-60,62-63H,4-7,9-10,12-13,15-16,18-19,21-22,24-25,28,30,32-38,40-41,43-46H2,1-3H3,(H,57,64)/b11-8+,17-14+,23-20-,29-26-,31-27-,42-39+. The Kier molecular flexibility index (Phi) is 41.1. The minimum absolute atomic E-state index is 0.0733. The fraction of sp³-hybridized carbons (Fsp3) is 0.750. The highest BCUT2D eigenvalue weighted by atomic mass is 16.7. The normalized spacial score (nSPS) is 20.6. The van der Waals surface area contributed by atoms with Gasteiger partial charge in [-0.2, -0.15) is 0 Å². The van der Waals surface area contributed by atoms with Crippen LogP contribution in [0.5, 0.6) is 0 Å². The van der Waals surface area contributed by atoms with E-state index < -0.39 is 67.4 Å². The van der Waals surface area contributed by atoms with Crippen molar-refractivity contribution in [1.82, 2.24) is 5.32 Å². The van der Waals surface area contributed by atoms with Gasteiger partial charge in [-0.25, -0.2) is 0 Å². The van der Waals surface area contributed by atoms with E-state index in [-0.39, 0.29) is 19.4 Å². The Bertz CT molecular complexity index is 1360. The Morgan fingerprint density at radius 1 is 0.597 bits per heavy atom. The van der Waals surface area contributed by atoms with Crippen molar-refractivity contribution in [3.8, 4) is 0 Å². The van der Waals surface area contributed by atoms with E-state index in [4.69, 9.17) is 14.2 Å². The molecule has 1 aliphatic rings. The van der Waals surface area contributed by atoms with E-state index in [1.807, 2.05) is 42.5 Å². The van der Waals surface area contributed by atoms with Crippen LogP contribution in [0.2, 0.25) is 0 Å². The zero-order valence-corrected chi connectivity index (χ0v) is 42.2. The second-order valence-electron chi connectivity index (χ2n) is 18.3. The van der Waals surface area contributed by atoms with Gasteiger partial charge in [0, 0.05) is 6.42 Å². The number of esters is 1. The van der Waals surface area contributed by atoms with Gasteiger partial charge in [0.1, 0.15) is 24.4 Å². The van der Waals surface area contributed by atoms with Crippen LogP contribution in [-0.4, -0.2) is 99.6 Å². The molecule has 0 aromatic heterocycles. The molecule has 8 unspecified atom stereocenters. The minimum atomic E-state index is -1.63. The summed E-state index contributed by atoms with van der Waals surface area (Å²) in [6.07, 6.45) is 43.9. The second-order valence-corrected chi connectivity index (χ2v) is 18.3. The van der Waals surface area contributed by atoms with Gasteiger partial charge in [0.2, 0.25) is 5.91 Å².